The van der Waals surface area contributed by atoms with Gasteiger partial charge in [0, 0.05) is 36.2 Å². The summed E-state index contributed by atoms with van der Waals surface area (Å²) in [5, 5.41) is 10.5. The van der Waals surface area contributed by atoms with E-state index < -0.39 is 0 Å². The molecule has 3 rings (SSSR count). The molecule has 1 N–H and O–H groups in total. The number of aliphatic hydroxyl groups excluding tert-OH is 1. The van der Waals surface area contributed by atoms with Gasteiger partial charge in [-0.25, -0.2) is 0 Å². The van der Waals surface area contributed by atoms with Crippen molar-refractivity contribution in [3.63, 3.8) is 0 Å². The summed E-state index contributed by atoms with van der Waals surface area (Å²) in [6, 6.07) is 8.87. The Labute approximate surface area is 147 Å². The van der Waals surface area contributed by atoms with E-state index in [4.69, 9.17) is 0 Å². The van der Waals surface area contributed by atoms with E-state index in [0.29, 0.717) is 17.8 Å². The van der Waals surface area contributed by atoms with Gasteiger partial charge in [0.05, 0.1) is 12.1 Å². The number of nitrogens with zero attached hydrogens (tertiary/aromatic N) is 2. The summed E-state index contributed by atoms with van der Waals surface area (Å²) in [4.78, 5) is 26.7. The van der Waals surface area contributed by atoms with Crippen LogP contribution in [0.3, 0.4) is 0 Å². The van der Waals surface area contributed by atoms with Gasteiger partial charge in [-0.05, 0) is 30.9 Å². The number of amides is 1. The number of likely N-dealkylation sites (tertiary alicyclic amines) is 1. The van der Waals surface area contributed by atoms with Crippen molar-refractivity contribution in [3.05, 3.63) is 46.8 Å². The topological polar surface area (TPSA) is 62.5 Å². The van der Waals surface area contributed by atoms with Gasteiger partial charge in [-0.3, -0.25) is 9.59 Å². The first-order valence-corrected chi connectivity index (χ1v) is 8.94. The maximum absolute atomic E-state index is 12.9. The average Bonchev–Trinajstić information content (AvgIpc) is 2.64. The number of piperidine rings is 1. The molecule has 1 fully saturated rings. The molecule has 1 saturated heterocycles. The number of carbonyl (C=O) groups is 1. The van der Waals surface area contributed by atoms with Crippen LogP contribution in [0.4, 0.5) is 0 Å². The summed E-state index contributed by atoms with van der Waals surface area (Å²) >= 11 is 0. The summed E-state index contributed by atoms with van der Waals surface area (Å²) in [6.07, 6.45) is 3.55. The highest BCUT2D eigenvalue weighted by molar-refractivity contribution is 5.82. The van der Waals surface area contributed by atoms with E-state index in [0.717, 1.165) is 24.9 Å². The third-order valence-corrected chi connectivity index (χ3v) is 5.69. The van der Waals surface area contributed by atoms with Crippen molar-refractivity contribution in [1.29, 1.82) is 0 Å². The van der Waals surface area contributed by atoms with Gasteiger partial charge in [0.15, 0.2) is 5.43 Å². The van der Waals surface area contributed by atoms with Crippen LogP contribution in [0.5, 0.6) is 0 Å². The normalized spacial score (nSPS) is 21.0. The van der Waals surface area contributed by atoms with Crippen molar-refractivity contribution in [2.24, 2.45) is 11.3 Å². The number of carbonyl (C=O) groups excluding carboxylic acids is 1. The first-order chi connectivity index (χ1) is 12.0. The summed E-state index contributed by atoms with van der Waals surface area (Å²) < 4.78 is 1.84. The molecular formula is C20H26N2O3. The molecule has 2 aromatic rings. The van der Waals surface area contributed by atoms with Crippen molar-refractivity contribution in [1.82, 2.24) is 9.47 Å². The molecule has 1 amide bonds. The highest BCUT2D eigenvalue weighted by atomic mass is 16.3. The van der Waals surface area contributed by atoms with Crippen LogP contribution in [0.2, 0.25) is 0 Å². The minimum atomic E-state index is -0.209. The Morgan fingerprint density at radius 3 is 2.76 bits per heavy atom. The van der Waals surface area contributed by atoms with Gasteiger partial charge in [0.25, 0.3) is 0 Å². The van der Waals surface area contributed by atoms with Crippen molar-refractivity contribution in [3.8, 4) is 0 Å². The maximum atomic E-state index is 12.9. The molecule has 1 atom stereocenters. The molecule has 5 heteroatoms. The van der Waals surface area contributed by atoms with E-state index in [-0.39, 0.29) is 29.9 Å². The third-order valence-electron chi connectivity index (χ3n) is 5.69. The summed E-state index contributed by atoms with van der Waals surface area (Å²) in [5.41, 5.74) is 0.536. The minimum absolute atomic E-state index is 0.0311. The van der Waals surface area contributed by atoms with Gasteiger partial charge in [-0.2, -0.15) is 0 Å². The fourth-order valence-electron chi connectivity index (χ4n) is 3.80. The quantitative estimate of drug-likeness (QED) is 0.927. The van der Waals surface area contributed by atoms with E-state index >= 15 is 0 Å². The molecule has 1 unspecified atom stereocenters. The molecular weight excluding hydrogens is 316 g/mol. The summed E-state index contributed by atoms with van der Waals surface area (Å²) in [6.45, 7) is 5.86. The van der Waals surface area contributed by atoms with Gasteiger partial charge in [-0.1, -0.05) is 26.0 Å². The molecule has 25 heavy (non-hydrogen) atoms. The van der Waals surface area contributed by atoms with E-state index in [9.17, 15) is 14.7 Å². The molecule has 1 aromatic heterocycles. The van der Waals surface area contributed by atoms with Gasteiger partial charge < -0.3 is 14.6 Å². The first kappa shape index (κ1) is 17.7. The standard InChI is InChI=1S/C20H26N2O3/c1-15(2)20(14-23)9-5-10-22(13-20)19(25)12-21-11-8-18(24)16-6-3-4-7-17(16)21/h3-4,6-8,11,15,23H,5,9-10,12-14H2,1-2H3. The number of hydrogen-bond donors (Lipinski definition) is 1. The zero-order valence-electron chi connectivity index (χ0n) is 14.9. The Morgan fingerprint density at radius 2 is 2.04 bits per heavy atom. The Morgan fingerprint density at radius 1 is 1.28 bits per heavy atom. The molecule has 2 heterocycles. The number of aliphatic hydroxyl groups is 1. The van der Waals surface area contributed by atoms with Gasteiger partial charge >= 0.3 is 0 Å². The van der Waals surface area contributed by atoms with Gasteiger partial charge in [0.1, 0.15) is 6.54 Å². The first-order valence-electron chi connectivity index (χ1n) is 8.94. The SMILES string of the molecule is CC(C)C1(CO)CCCN(C(=O)Cn2ccc(=O)c3ccccc32)C1. The number of pyridine rings is 1. The molecule has 0 bridgehead atoms. The number of hydrogen-bond acceptors (Lipinski definition) is 3. The molecule has 1 aromatic carbocycles. The van der Waals surface area contributed by atoms with Crippen molar-refractivity contribution >= 4 is 16.8 Å². The largest absolute Gasteiger partial charge is 0.396 e. The monoisotopic (exact) mass is 342 g/mol. The van der Waals surface area contributed by atoms with Crippen LogP contribution in [0, 0.1) is 11.3 Å². The fourth-order valence-corrected chi connectivity index (χ4v) is 3.80. The van der Waals surface area contributed by atoms with E-state index in [1.807, 2.05) is 27.7 Å². The number of fused-ring (bicyclic) bond motifs is 1. The molecule has 0 aliphatic carbocycles. The second-order valence-corrected chi connectivity index (χ2v) is 7.42. The van der Waals surface area contributed by atoms with Crippen LogP contribution in [0.25, 0.3) is 10.9 Å². The molecule has 0 radical (unpaired) electrons. The number of para-hydroxylation sites is 1. The zero-order valence-corrected chi connectivity index (χ0v) is 14.9. The van der Waals surface area contributed by atoms with Crippen molar-refractivity contribution < 1.29 is 9.90 Å². The second-order valence-electron chi connectivity index (χ2n) is 7.42. The number of benzene rings is 1. The Kier molecular flexibility index (Phi) is 4.95. The molecule has 5 nitrogen and oxygen atoms in total. The van der Waals surface area contributed by atoms with Crippen LogP contribution in [-0.2, 0) is 11.3 Å². The number of rotatable bonds is 4. The Bertz CT molecular complexity index is 827. The molecule has 0 spiro atoms. The minimum Gasteiger partial charge on any atom is -0.396 e. The van der Waals surface area contributed by atoms with Crippen LogP contribution in [-0.4, -0.2) is 40.2 Å². The molecule has 0 saturated carbocycles. The lowest BCUT2D eigenvalue weighted by molar-refractivity contribution is -0.137. The van der Waals surface area contributed by atoms with Gasteiger partial charge in [-0.15, -0.1) is 0 Å². The zero-order chi connectivity index (χ0) is 18.0. The Hall–Kier alpha value is -2.14. The van der Waals surface area contributed by atoms with E-state index in [1.165, 1.54) is 6.07 Å². The van der Waals surface area contributed by atoms with Crippen molar-refractivity contribution in [2.45, 2.75) is 33.2 Å². The summed E-state index contributed by atoms with van der Waals surface area (Å²) in [7, 11) is 0. The summed E-state index contributed by atoms with van der Waals surface area (Å²) in [5.74, 6) is 0.355. The molecule has 134 valence electrons. The maximum Gasteiger partial charge on any atom is 0.242 e. The van der Waals surface area contributed by atoms with Crippen LogP contribution >= 0.6 is 0 Å². The Balaban J connectivity index is 1.83. The average molecular weight is 342 g/mol. The second kappa shape index (κ2) is 7.00. The van der Waals surface area contributed by atoms with E-state index in [2.05, 4.69) is 13.8 Å². The number of aromatic nitrogens is 1. The lowest BCUT2D eigenvalue weighted by Crippen LogP contribution is -2.51. The van der Waals surface area contributed by atoms with Crippen LogP contribution in [0.1, 0.15) is 26.7 Å². The highest BCUT2D eigenvalue weighted by Gasteiger charge is 2.39. The third kappa shape index (κ3) is 3.33. The van der Waals surface area contributed by atoms with E-state index in [1.54, 1.807) is 12.3 Å². The van der Waals surface area contributed by atoms with Crippen LogP contribution in [0.15, 0.2) is 41.3 Å². The van der Waals surface area contributed by atoms with Gasteiger partial charge in [0.2, 0.25) is 5.91 Å². The highest BCUT2D eigenvalue weighted by Crippen LogP contribution is 2.36. The smallest absolute Gasteiger partial charge is 0.242 e. The predicted molar refractivity (Wildman–Crippen MR) is 98.4 cm³/mol. The predicted octanol–water partition coefficient (Wildman–Crippen LogP) is 2.26. The van der Waals surface area contributed by atoms with Crippen molar-refractivity contribution in [2.75, 3.05) is 19.7 Å². The lowest BCUT2D eigenvalue weighted by atomic mass is 9.72. The van der Waals surface area contributed by atoms with Crippen LogP contribution < -0.4 is 5.43 Å². The lowest BCUT2D eigenvalue weighted by Gasteiger charge is -2.44. The molecule has 1 aliphatic rings. The fraction of sp³-hybridized carbons (Fsp3) is 0.500. The molecule has 1 aliphatic heterocycles.